The summed E-state index contributed by atoms with van der Waals surface area (Å²) < 4.78 is 0. The first kappa shape index (κ1) is 11.8. The van der Waals surface area contributed by atoms with Crippen molar-refractivity contribution < 1.29 is 4.79 Å². The number of hydrogen-bond donors (Lipinski definition) is 2. The average Bonchev–Trinajstić information content (AvgIpc) is 2.28. The first-order valence-electron chi connectivity index (χ1n) is 6.03. The average molecular weight is 234 g/mol. The highest BCUT2D eigenvalue weighted by atomic mass is 16.1. The van der Waals surface area contributed by atoms with Gasteiger partial charge in [-0.05, 0) is 45.2 Å². The third kappa shape index (κ3) is 2.72. The third-order valence-corrected chi connectivity index (χ3v) is 3.12. The molecule has 1 amide bonds. The Hall–Kier alpha value is -1.65. The summed E-state index contributed by atoms with van der Waals surface area (Å²) in [6.45, 7) is 4.65. The standard InChI is InChI=1S/C12H18N4O/c1-3-13-11(17)9-5-6-10(16-15-9)14-12(2)7-4-8-12/h5-6H,3-4,7-8H2,1-2H3,(H,13,17)(H,14,16). The zero-order valence-corrected chi connectivity index (χ0v) is 10.3. The first-order chi connectivity index (χ1) is 8.13. The van der Waals surface area contributed by atoms with E-state index in [0.717, 1.165) is 18.7 Å². The highest BCUT2D eigenvalue weighted by molar-refractivity contribution is 5.92. The van der Waals surface area contributed by atoms with E-state index in [-0.39, 0.29) is 11.4 Å². The van der Waals surface area contributed by atoms with Crippen molar-refractivity contribution in [1.29, 1.82) is 0 Å². The third-order valence-electron chi connectivity index (χ3n) is 3.12. The van der Waals surface area contributed by atoms with Gasteiger partial charge in [-0.15, -0.1) is 10.2 Å². The molecule has 1 aromatic heterocycles. The number of rotatable bonds is 4. The molecule has 1 aromatic rings. The molecule has 2 rings (SSSR count). The molecule has 1 aliphatic carbocycles. The highest BCUT2D eigenvalue weighted by Crippen LogP contribution is 2.33. The fourth-order valence-corrected chi connectivity index (χ4v) is 1.91. The van der Waals surface area contributed by atoms with E-state index in [1.54, 1.807) is 12.1 Å². The fraction of sp³-hybridized carbons (Fsp3) is 0.583. The van der Waals surface area contributed by atoms with Gasteiger partial charge in [0.2, 0.25) is 0 Å². The molecule has 2 N–H and O–H groups in total. The SMILES string of the molecule is CCNC(=O)c1ccc(NC2(C)CCC2)nn1. The number of nitrogens with one attached hydrogen (secondary N) is 2. The molecule has 0 saturated heterocycles. The number of carbonyl (C=O) groups excluding carboxylic acids is 1. The minimum absolute atomic E-state index is 0.155. The monoisotopic (exact) mass is 234 g/mol. The molecule has 0 atom stereocenters. The van der Waals surface area contributed by atoms with Crippen LogP contribution in [0.15, 0.2) is 12.1 Å². The van der Waals surface area contributed by atoms with E-state index in [9.17, 15) is 4.79 Å². The van der Waals surface area contributed by atoms with E-state index >= 15 is 0 Å². The van der Waals surface area contributed by atoms with E-state index in [1.807, 2.05) is 6.92 Å². The van der Waals surface area contributed by atoms with Gasteiger partial charge in [0, 0.05) is 12.1 Å². The molecule has 0 bridgehead atoms. The molecule has 92 valence electrons. The summed E-state index contributed by atoms with van der Waals surface area (Å²) in [7, 11) is 0. The van der Waals surface area contributed by atoms with Gasteiger partial charge in [0.05, 0.1) is 0 Å². The van der Waals surface area contributed by atoms with Crippen LogP contribution in [0.3, 0.4) is 0 Å². The van der Waals surface area contributed by atoms with Gasteiger partial charge in [0.1, 0.15) is 5.82 Å². The van der Waals surface area contributed by atoms with Crippen molar-refractivity contribution >= 4 is 11.7 Å². The quantitative estimate of drug-likeness (QED) is 0.830. The molecule has 1 saturated carbocycles. The van der Waals surface area contributed by atoms with Crippen molar-refractivity contribution in [2.75, 3.05) is 11.9 Å². The molecule has 0 aliphatic heterocycles. The lowest BCUT2D eigenvalue weighted by atomic mass is 9.78. The molecule has 5 nitrogen and oxygen atoms in total. The van der Waals surface area contributed by atoms with E-state index in [1.165, 1.54) is 6.42 Å². The molecule has 0 radical (unpaired) electrons. The number of amides is 1. The van der Waals surface area contributed by atoms with Gasteiger partial charge in [0.25, 0.3) is 5.91 Å². The lowest BCUT2D eigenvalue weighted by molar-refractivity contribution is 0.0950. The van der Waals surface area contributed by atoms with Crippen LogP contribution in [0.2, 0.25) is 0 Å². The number of anilines is 1. The summed E-state index contributed by atoms with van der Waals surface area (Å²) in [5.41, 5.74) is 0.512. The number of hydrogen-bond acceptors (Lipinski definition) is 4. The summed E-state index contributed by atoms with van der Waals surface area (Å²) in [4.78, 5) is 11.5. The van der Waals surface area contributed by atoms with E-state index < -0.39 is 0 Å². The van der Waals surface area contributed by atoms with Gasteiger partial charge >= 0.3 is 0 Å². The smallest absolute Gasteiger partial charge is 0.271 e. The van der Waals surface area contributed by atoms with Crippen molar-refractivity contribution in [3.05, 3.63) is 17.8 Å². The molecular formula is C12H18N4O. The Bertz CT molecular complexity index is 397. The van der Waals surface area contributed by atoms with Gasteiger partial charge in [0.15, 0.2) is 5.69 Å². The Kier molecular flexibility index (Phi) is 3.26. The Labute approximate surface area is 101 Å². The Balaban J connectivity index is 2.00. The zero-order chi connectivity index (χ0) is 12.3. The fourth-order valence-electron chi connectivity index (χ4n) is 1.91. The van der Waals surface area contributed by atoms with Gasteiger partial charge in [-0.2, -0.15) is 0 Å². The lowest BCUT2D eigenvalue weighted by Gasteiger charge is -2.39. The summed E-state index contributed by atoms with van der Waals surface area (Å²) in [5, 5.41) is 14.0. The first-order valence-corrected chi connectivity index (χ1v) is 6.03. The number of aromatic nitrogens is 2. The minimum atomic E-state index is -0.179. The maximum Gasteiger partial charge on any atom is 0.271 e. The maximum absolute atomic E-state index is 11.5. The number of carbonyl (C=O) groups is 1. The zero-order valence-electron chi connectivity index (χ0n) is 10.3. The van der Waals surface area contributed by atoms with Crippen molar-refractivity contribution in [2.24, 2.45) is 0 Å². The Morgan fingerprint density at radius 1 is 1.41 bits per heavy atom. The molecule has 1 fully saturated rings. The van der Waals surface area contributed by atoms with Crippen molar-refractivity contribution in [3.63, 3.8) is 0 Å². The van der Waals surface area contributed by atoms with Crippen LogP contribution in [-0.4, -0.2) is 28.2 Å². The van der Waals surface area contributed by atoms with Crippen LogP contribution in [0.5, 0.6) is 0 Å². The predicted molar refractivity (Wildman–Crippen MR) is 65.9 cm³/mol. The van der Waals surface area contributed by atoms with Crippen LogP contribution in [0.25, 0.3) is 0 Å². The molecule has 17 heavy (non-hydrogen) atoms. The van der Waals surface area contributed by atoms with Crippen molar-refractivity contribution in [2.45, 2.75) is 38.6 Å². The Morgan fingerprint density at radius 3 is 2.65 bits per heavy atom. The van der Waals surface area contributed by atoms with Crippen LogP contribution in [0, 0.1) is 0 Å². The second-order valence-corrected chi connectivity index (χ2v) is 4.70. The van der Waals surface area contributed by atoms with Crippen LogP contribution >= 0.6 is 0 Å². The normalized spacial score (nSPS) is 17.1. The van der Waals surface area contributed by atoms with Gasteiger partial charge in [-0.25, -0.2) is 0 Å². The second kappa shape index (κ2) is 4.69. The molecule has 0 spiro atoms. The molecule has 5 heteroatoms. The van der Waals surface area contributed by atoms with Crippen molar-refractivity contribution in [3.8, 4) is 0 Å². The second-order valence-electron chi connectivity index (χ2n) is 4.70. The van der Waals surface area contributed by atoms with E-state index in [2.05, 4.69) is 27.8 Å². The molecule has 0 unspecified atom stereocenters. The number of nitrogens with zero attached hydrogens (tertiary/aromatic N) is 2. The van der Waals surface area contributed by atoms with E-state index in [0.29, 0.717) is 12.2 Å². The van der Waals surface area contributed by atoms with E-state index in [4.69, 9.17) is 0 Å². The molecule has 1 aliphatic rings. The van der Waals surface area contributed by atoms with Crippen LogP contribution in [0.1, 0.15) is 43.6 Å². The predicted octanol–water partition coefficient (Wildman–Crippen LogP) is 1.58. The van der Waals surface area contributed by atoms with Crippen LogP contribution < -0.4 is 10.6 Å². The molecule has 0 aromatic carbocycles. The summed E-state index contributed by atoms with van der Waals surface area (Å²) in [6.07, 6.45) is 3.58. The topological polar surface area (TPSA) is 66.9 Å². The maximum atomic E-state index is 11.5. The molecule has 1 heterocycles. The summed E-state index contributed by atoms with van der Waals surface area (Å²) >= 11 is 0. The highest BCUT2D eigenvalue weighted by Gasteiger charge is 2.31. The minimum Gasteiger partial charge on any atom is -0.363 e. The van der Waals surface area contributed by atoms with Gasteiger partial charge in [-0.3, -0.25) is 4.79 Å². The molecular weight excluding hydrogens is 216 g/mol. The van der Waals surface area contributed by atoms with Crippen LogP contribution in [0.4, 0.5) is 5.82 Å². The van der Waals surface area contributed by atoms with Gasteiger partial charge < -0.3 is 10.6 Å². The lowest BCUT2D eigenvalue weighted by Crippen LogP contribution is -2.42. The summed E-state index contributed by atoms with van der Waals surface area (Å²) in [6, 6.07) is 3.50. The van der Waals surface area contributed by atoms with Gasteiger partial charge in [-0.1, -0.05) is 0 Å². The Morgan fingerprint density at radius 2 is 2.18 bits per heavy atom. The largest absolute Gasteiger partial charge is 0.363 e. The van der Waals surface area contributed by atoms with Crippen LogP contribution in [-0.2, 0) is 0 Å². The van der Waals surface area contributed by atoms with Crippen molar-refractivity contribution in [1.82, 2.24) is 15.5 Å². The summed E-state index contributed by atoms with van der Waals surface area (Å²) in [5.74, 6) is 0.557.